The Hall–Kier alpha value is -0.610. The molecule has 0 unspecified atom stereocenters. The van der Waals surface area contributed by atoms with Gasteiger partial charge in [0, 0.05) is 30.4 Å². The Morgan fingerprint density at radius 3 is 2.65 bits per heavy atom. The molecule has 1 N–H and O–H groups in total. The van der Waals surface area contributed by atoms with Crippen LogP contribution in [0.3, 0.4) is 0 Å². The SMILES string of the molecule is CCCNCc1sc(N(C)C2CCCC2)nc1C1CC1. The van der Waals surface area contributed by atoms with Crippen molar-refractivity contribution in [3.05, 3.63) is 10.6 Å². The lowest BCUT2D eigenvalue weighted by atomic mass is 10.2. The molecule has 0 saturated heterocycles. The van der Waals surface area contributed by atoms with Crippen molar-refractivity contribution >= 4 is 16.5 Å². The first kappa shape index (κ1) is 14.3. The number of hydrogen-bond acceptors (Lipinski definition) is 4. The molecule has 112 valence electrons. The van der Waals surface area contributed by atoms with Crippen molar-refractivity contribution in [1.29, 1.82) is 0 Å². The van der Waals surface area contributed by atoms with Crippen LogP contribution < -0.4 is 10.2 Å². The first-order valence-electron chi connectivity index (χ1n) is 8.22. The highest BCUT2D eigenvalue weighted by atomic mass is 32.1. The first-order chi connectivity index (χ1) is 9.79. The van der Waals surface area contributed by atoms with Crippen molar-refractivity contribution < 1.29 is 0 Å². The number of hydrogen-bond donors (Lipinski definition) is 1. The fourth-order valence-electron chi connectivity index (χ4n) is 3.13. The van der Waals surface area contributed by atoms with Crippen molar-refractivity contribution in [3.8, 4) is 0 Å². The van der Waals surface area contributed by atoms with Crippen LogP contribution >= 0.6 is 11.3 Å². The zero-order valence-corrected chi connectivity index (χ0v) is 13.6. The van der Waals surface area contributed by atoms with Gasteiger partial charge in [0.25, 0.3) is 0 Å². The molecule has 4 heteroatoms. The van der Waals surface area contributed by atoms with Crippen LogP contribution in [0.4, 0.5) is 5.13 Å². The van der Waals surface area contributed by atoms with Gasteiger partial charge in [0.15, 0.2) is 5.13 Å². The summed E-state index contributed by atoms with van der Waals surface area (Å²) in [4.78, 5) is 8.94. The highest BCUT2D eigenvalue weighted by Gasteiger charge is 2.31. The molecule has 2 fully saturated rings. The van der Waals surface area contributed by atoms with E-state index in [0.29, 0.717) is 0 Å². The average Bonchev–Trinajstić information content (AvgIpc) is 3.01. The van der Waals surface area contributed by atoms with E-state index in [1.807, 2.05) is 11.3 Å². The molecule has 1 aromatic heterocycles. The van der Waals surface area contributed by atoms with Crippen LogP contribution in [0, 0.1) is 0 Å². The topological polar surface area (TPSA) is 28.2 Å². The number of aromatic nitrogens is 1. The molecule has 0 amide bonds. The monoisotopic (exact) mass is 293 g/mol. The summed E-state index contributed by atoms with van der Waals surface area (Å²) < 4.78 is 0. The number of nitrogens with one attached hydrogen (secondary N) is 1. The van der Waals surface area contributed by atoms with Crippen molar-refractivity contribution in [2.45, 2.75) is 70.4 Å². The van der Waals surface area contributed by atoms with E-state index in [1.54, 1.807) is 0 Å². The lowest BCUT2D eigenvalue weighted by Gasteiger charge is -2.23. The second kappa shape index (κ2) is 6.44. The van der Waals surface area contributed by atoms with Gasteiger partial charge >= 0.3 is 0 Å². The zero-order valence-electron chi connectivity index (χ0n) is 12.8. The summed E-state index contributed by atoms with van der Waals surface area (Å²) in [7, 11) is 2.24. The highest BCUT2D eigenvalue weighted by Crippen LogP contribution is 2.44. The summed E-state index contributed by atoms with van der Waals surface area (Å²) in [5, 5.41) is 4.80. The summed E-state index contributed by atoms with van der Waals surface area (Å²) in [6.07, 6.45) is 9.36. The molecule has 3 rings (SSSR count). The normalized spacial score (nSPS) is 19.7. The van der Waals surface area contributed by atoms with Gasteiger partial charge in [0.1, 0.15) is 0 Å². The van der Waals surface area contributed by atoms with E-state index in [2.05, 4.69) is 24.2 Å². The Labute approximate surface area is 126 Å². The third-order valence-electron chi connectivity index (χ3n) is 4.57. The van der Waals surface area contributed by atoms with Gasteiger partial charge in [-0.3, -0.25) is 0 Å². The second-order valence-electron chi connectivity index (χ2n) is 6.31. The second-order valence-corrected chi connectivity index (χ2v) is 7.37. The standard InChI is InChI=1S/C16H27N3S/c1-3-10-17-11-14-15(12-8-9-12)18-16(20-14)19(2)13-6-4-5-7-13/h12-13,17H,3-11H2,1-2H3. The number of nitrogens with zero attached hydrogens (tertiary/aromatic N) is 2. The molecule has 1 aromatic rings. The van der Waals surface area contributed by atoms with Crippen molar-refractivity contribution in [2.75, 3.05) is 18.5 Å². The molecule has 3 nitrogen and oxygen atoms in total. The van der Waals surface area contributed by atoms with Crippen molar-refractivity contribution in [1.82, 2.24) is 10.3 Å². The fourth-order valence-corrected chi connectivity index (χ4v) is 4.28. The minimum atomic E-state index is 0.727. The summed E-state index contributed by atoms with van der Waals surface area (Å²) >= 11 is 1.93. The van der Waals surface area contributed by atoms with E-state index in [0.717, 1.165) is 25.0 Å². The van der Waals surface area contributed by atoms with Crippen LogP contribution in [0.2, 0.25) is 0 Å². The molecule has 0 atom stereocenters. The predicted octanol–water partition coefficient (Wildman–Crippen LogP) is 3.90. The molecular formula is C16H27N3S. The third-order valence-corrected chi connectivity index (χ3v) is 5.73. The summed E-state index contributed by atoms with van der Waals surface area (Å²) in [6.45, 7) is 4.34. The maximum Gasteiger partial charge on any atom is 0.185 e. The quantitative estimate of drug-likeness (QED) is 0.773. The van der Waals surface area contributed by atoms with Crippen LogP contribution in [0.5, 0.6) is 0 Å². The molecule has 2 aliphatic carbocycles. The van der Waals surface area contributed by atoms with Crippen LogP contribution in [0.15, 0.2) is 0 Å². The number of thiazole rings is 1. The highest BCUT2D eigenvalue weighted by molar-refractivity contribution is 7.15. The fraction of sp³-hybridized carbons (Fsp3) is 0.812. The minimum Gasteiger partial charge on any atom is -0.348 e. The van der Waals surface area contributed by atoms with E-state index in [9.17, 15) is 0 Å². The molecular weight excluding hydrogens is 266 g/mol. The Kier molecular flexibility index (Phi) is 4.61. The van der Waals surface area contributed by atoms with Crippen LogP contribution in [-0.4, -0.2) is 24.6 Å². The van der Waals surface area contributed by atoms with Gasteiger partial charge in [0.2, 0.25) is 0 Å². The van der Waals surface area contributed by atoms with Gasteiger partial charge in [-0.2, -0.15) is 0 Å². The smallest absolute Gasteiger partial charge is 0.185 e. The van der Waals surface area contributed by atoms with E-state index >= 15 is 0 Å². The molecule has 0 bridgehead atoms. The number of rotatable bonds is 7. The Balaban J connectivity index is 1.72. The van der Waals surface area contributed by atoms with Crippen LogP contribution in [0.1, 0.15) is 68.4 Å². The predicted molar refractivity (Wildman–Crippen MR) is 86.7 cm³/mol. The zero-order chi connectivity index (χ0) is 13.9. The molecule has 0 spiro atoms. The Bertz CT molecular complexity index is 433. The molecule has 0 aliphatic heterocycles. The van der Waals surface area contributed by atoms with Crippen LogP contribution in [-0.2, 0) is 6.54 Å². The van der Waals surface area contributed by atoms with Gasteiger partial charge in [-0.15, -0.1) is 11.3 Å². The van der Waals surface area contributed by atoms with Gasteiger partial charge in [-0.1, -0.05) is 19.8 Å². The molecule has 20 heavy (non-hydrogen) atoms. The summed E-state index contributed by atoms with van der Waals surface area (Å²) in [5.41, 5.74) is 1.40. The van der Waals surface area contributed by atoms with E-state index in [1.165, 1.54) is 60.6 Å². The van der Waals surface area contributed by atoms with Crippen LogP contribution in [0.25, 0.3) is 0 Å². The molecule has 0 radical (unpaired) electrons. The Morgan fingerprint density at radius 2 is 2.00 bits per heavy atom. The van der Waals surface area contributed by atoms with E-state index in [-0.39, 0.29) is 0 Å². The Morgan fingerprint density at radius 1 is 1.25 bits per heavy atom. The lowest BCUT2D eigenvalue weighted by Crippen LogP contribution is -2.28. The van der Waals surface area contributed by atoms with E-state index < -0.39 is 0 Å². The largest absolute Gasteiger partial charge is 0.348 e. The van der Waals surface area contributed by atoms with Gasteiger partial charge in [-0.05, 0) is 38.6 Å². The molecule has 2 aliphatic rings. The van der Waals surface area contributed by atoms with E-state index in [4.69, 9.17) is 4.98 Å². The molecule has 0 aromatic carbocycles. The molecule has 2 saturated carbocycles. The van der Waals surface area contributed by atoms with Gasteiger partial charge in [-0.25, -0.2) is 4.98 Å². The maximum absolute atomic E-state index is 5.00. The maximum atomic E-state index is 5.00. The first-order valence-corrected chi connectivity index (χ1v) is 9.04. The van der Waals surface area contributed by atoms with Crippen molar-refractivity contribution in [3.63, 3.8) is 0 Å². The lowest BCUT2D eigenvalue weighted by molar-refractivity contribution is 0.650. The molecule has 1 heterocycles. The van der Waals surface area contributed by atoms with Crippen molar-refractivity contribution in [2.24, 2.45) is 0 Å². The summed E-state index contributed by atoms with van der Waals surface area (Å²) in [6, 6.07) is 0.727. The van der Waals surface area contributed by atoms with Gasteiger partial charge < -0.3 is 10.2 Å². The number of anilines is 1. The third kappa shape index (κ3) is 3.17. The minimum absolute atomic E-state index is 0.727. The van der Waals surface area contributed by atoms with Gasteiger partial charge in [0.05, 0.1) is 5.69 Å². The average molecular weight is 293 g/mol. The summed E-state index contributed by atoms with van der Waals surface area (Å²) in [5.74, 6) is 0.760.